The Morgan fingerprint density at radius 3 is 2.50 bits per heavy atom. The van der Waals surface area contributed by atoms with Crippen molar-refractivity contribution >= 4 is 18.2 Å². The van der Waals surface area contributed by atoms with Gasteiger partial charge in [-0.3, -0.25) is 9.47 Å². The standard InChI is InChI=1S/C19H20N4O2S/c1-21(12-15-8-10-16(11-9-15)18(24)25-2)14-23-19(26)22(13-20-23)17-6-4-3-5-7-17/h3-11,13H,12,14H2,1-2H3. The molecule has 0 aliphatic heterocycles. The first-order valence-electron chi connectivity index (χ1n) is 8.14. The van der Waals surface area contributed by atoms with E-state index in [0.29, 0.717) is 23.5 Å². The number of hydrogen-bond acceptors (Lipinski definition) is 5. The Kier molecular flexibility index (Phi) is 5.60. The zero-order valence-corrected chi connectivity index (χ0v) is 15.5. The second-order valence-electron chi connectivity index (χ2n) is 5.96. The molecule has 0 fully saturated rings. The highest BCUT2D eigenvalue weighted by atomic mass is 32.1. The molecule has 6 nitrogen and oxygen atoms in total. The number of benzene rings is 2. The quantitative estimate of drug-likeness (QED) is 0.494. The zero-order chi connectivity index (χ0) is 18.5. The lowest BCUT2D eigenvalue weighted by Gasteiger charge is -2.16. The van der Waals surface area contributed by atoms with E-state index in [1.165, 1.54) is 7.11 Å². The molecule has 0 bridgehead atoms. The number of nitrogens with zero attached hydrogens (tertiary/aromatic N) is 4. The van der Waals surface area contributed by atoms with Crippen LogP contribution in [0, 0.1) is 4.77 Å². The van der Waals surface area contributed by atoms with Gasteiger partial charge >= 0.3 is 5.97 Å². The van der Waals surface area contributed by atoms with E-state index >= 15 is 0 Å². The summed E-state index contributed by atoms with van der Waals surface area (Å²) in [5.74, 6) is -0.331. The van der Waals surface area contributed by atoms with Crippen molar-refractivity contribution < 1.29 is 9.53 Å². The Morgan fingerprint density at radius 1 is 1.15 bits per heavy atom. The minimum atomic E-state index is -0.331. The SMILES string of the molecule is COC(=O)c1ccc(CN(C)Cn2ncn(-c3ccccc3)c2=S)cc1. The highest BCUT2D eigenvalue weighted by Crippen LogP contribution is 2.10. The van der Waals surface area contributed by atoms with E-state index in [9.17, 15) is 4.79 Å². The van der Waals surface area contributed by atoms with Crippen LogP contribution in [0.5, 0.6) is 0 Å². The van der Waals surface area contributed by atoms with E-state index in [1.807, 2.05) is 54.1 Å². The Bertz CT molecular complexity index is 932. The third-order valence-corrected chi connectivity index (χ3v) is 4.38. The average Bonchev–Trinajstić information content (AvgIpc) is 3.02. The van der Waals surface area contributed by atoms with Crippen LogP contribution < -0.4 is 0 Å². The molecule has 1 aromatic heterocycles. The van der Waals surface area contributed by atoms with E-state index in [-0.39, 0.29) is 5.97 Å². The molecule has 0 amide bonds. The molecular weight excluding hydrogens is 348 g/mol. The molecule has 0 aliphatic rings. The number of methoxy groups -OCH3 is 1. The molecule has 7 heteroatoms. The van der Waals surface area contributed by atoms with E-state index in [0.717, 1.165) is 11.3 Å². The predicted octanol–water partition coefficient (Wildman–Crippen LogP) is 3.28. The van der Waals surface area contributed by atoms with Crippen LogP contribution in [-0.4, -0.2) is 39.4 Å². The molecule has 0 saturated carbocycles. The third kappa shape index (κ3) is 4.07. The van der Waals surface area contributed by atoms with E-state index < -0.39 is 0 Å². The van der Waals surface area contributed by atoms with E-state index in [4.69, 9.17) is 17.0 Å². The number of carbonyl (C=O) groups is 1. The molecule has 3 rings (SSSR count). The molecule has 3 aromatic rings. The van der Waals surface area contributed by atoms with Crippen LogP contribution in [0.2, 0.25) is 0 Å². The summed E-state index contributed by atoms with van der Waals surface area (Å²) in [5, 5.41) is 4.39. The van der Waals surface area contributed by atoms with Crippen LogP contribution in [0.3, 0.4) is 0 Å². The van der Waals surface area contributed by atoms with Crippen molar-refractivity contribution in [1.82, 2.24) is 19.2 Å². The molecule has 0 unspecified atom stereocenters. The molecule has 0 saturated heterocycles. The molecule has 2 aromatic carbocycles. The van der Waals surface area contributed by atoms with Gasteiger partial charge in [0.25, 0.3) is 0 Å². The lowest BCUT2D eigenvalue weighted by molar-refractivity contribution is 0.0600. The Labute approximate surface area is 157 Å². The van der Waals surface area contributed by atoms with Crippen molar-refractivity contribution in [3.05, 3.63) is 76.8 Å². The summed E-state index contributed by atoms with van der Waals surface area (Å²) < 4.78 is 9.02. The number of carbonyl (C=O) groups excluding carboxylic acids is 1. The lowest BCUT2D eigenvalue weighted by Crippen LogP contribution is -2.22. The lowest BCUT2D eigenvalue weighted by atomic mass is 10.1. The van der Waals surface area contributed by atoms with Crippen LogP contribution in [-0.2, 0) is 18.0 Å². The van der Waals surface area contributed by atoms with Gasteiger partial charge in [-0.1, -0.05) is 30.3 Å². The summed E-state index contributed by atoms with van der Waals surface area (Å²) in [6, 6.07) is 17.3. The first-order chi connectivity index (χ1) is 12.6. The fourth-order valence-corrected chi connectivity index (χ4v) is 2.91. The zero-order valence-electron chi connectivity index (χ0n) is 14.7. The monoisotopic (exact) mass is 368 g/mol. The van der Waals surface area contributed by atoms with Gasteiger partial charge in [0, 0.05) is 12.2 Å². The molecule has 0 N–H and O–H groups in total. The molecule has 1 heterocycles. The molecule has 0 radical (unpaired) electrons. The Balaban J connectivity index is 1.67. The first-order valence-corrected chi connectivity index (χ1v) is 8.55. The van der Waals surface area contributed by atoms with Crippen molar-refractivity contribution in [2.75, 3.05) is 14.2 Å². The molecule has 134 valence electrons. The normalized spacial score (nSPS) is 10.9. The molecular formula is C19H20N4O2S. The molecule has 26 heavy (non-hydrogen) atoms. The van der Waals surface area contributed by atoms with Crippen molar-refractivity contribution in [1.29, 1.82) is 0 Å². The van der Waals surface area contributed by atoms with Gasteiger partial charge in [0.05, 0.1) is 19.3 Å². The minimum absolute atomic E-state index is 0.331. The van der Waals surface area contributed by atoms with Crippen LogP contribution in [0.4, 0.5) is 0 Å². The summed E-state index contributed by atoms with van der Waals surface area (Å²) in [7, 11) is 3.37. The van der Waals surface area contributed by atoms with Crippen LogP contribution >= 0.6 is 12.2 Å². The van der Waals surface area contributed by atoms with Crippen molar-refractivity contribution in [2.24, 2.45) is 0 Å². The van der Waals surface area contributed by atoms with E-state index in [2.05, 4.69) is 10.00 Å². The van der Waals surface area contributed by atoms with Gasteiger partial charge < -0.3 is 4.74 Å². The Morgan fingerprint density at radius 2 is 1.85 bits per heavy atom. The van der Waals surface area contributed by atoms with E-state index in [1.54, 1.807) is 23.1 Å². The summed E-state index contributed by atoms with van der Waals surface area (Å²) >= 11 is 5.53. The summed E-state index contributed by atoms with van der Waals surface area (Å²) in [4.78, 5) is 13.6. The third-order valence-electron chi connectivity index (χ3n) is 3.97. The summed E-state index contributed by atoms with van der Waals surface area (Å²) in [6.07, 6.45) is 1.73. The van der Waals surface area contributed by atoms with Gasteiger partial charge in [0.15, 0.2) is 0 Å². The molecule has 0 atom stereocenters. The maximum Gasteiger partial charge on any atom is 0.337 e. The predicted molar refractivity (Wildman–Crippen MR) is 102 cm³/mol. The molecule has 0 spiro atoms. The highest BCUT2D eigenvalue weighted by molar-refractivity contribution is 7.71. The second kappa shape index (κ2) is 8.07. The fraction of sp³-hybridized carbons (Fsp3) is 0.211. The number of hydrogen-bond donors (Lipinski definition) is 0. The van der Waals surface area contributed by atoms with Crippen molar-refractivity contribution in [2.45, 2.75) is 13.2 Å². The largest absolute Gasteiger partial charge is 0.465 e. The Hall–Kier alpha value is -2.77. The van der Waals surface area contributed by atoms with Crippen LogP contribution in [0.15, 0.2) is 60.9 Å². The number of esters is 1. The second-order valence-corrected chi connectivity index (χ2v) is 6.33. The topological polar surface area (TPSA) is 52.3 Å². The van der Waals surface area contributed by atoms with Gasteiger partial charge in [0.2, 0.25) is 4.77 Å². The number of aromatic nitrogens is 3. The summed E-state index contributed by atoms with van der Waals surface area (Å²) in [6.45, 7) is 1.28. The van der Waals surface area contributed by atoms with Crippen molar-refractivity contribution in [3.8, 4) is 5.69 Å². The summed E-state index contributed by atoms with van der Waals surface area (Å²) in [5.41, 5.74) is 2.63. The number of para-hydroxylation sites is 1. The minimum Gasteiger partial charge on any atom is -0.465 e. The van der Waals surface area contributed by atoms with Gasteiger partial charge in [-0.15, -0.1) is 0 Å². The van der Waals surface area contributed by atoms with Gasteiger partial charge in [0.1, 0.15) is 6.33 Å². The first kappa shape index (κ1) is 18.0. The molecule has 0 aliphatic carbocycles. The smallest absolute Gasteiger partial charge is 0.337 e. The number of rotatable bonds is 6. The highest BCUT2D eigenvalue weighted by Gasteiger charge is 2.08. The fourth-order valence-electron chi connectivity index (χ4n) is 2.65. The van der Waals surface area contributed by atoms with Gasteiger partial charge in [-0.25, -0.2) is 9.48 Å². The van der Waals surface area contributed by atoms with Gasteiger partial charge in [-0.05, 0) is 49.1 Å². The van der Waals surface area contributed by atoms with Crippen LogP contribution in [0.25, 0.3) is 5.69 Å². The van der Waals surface area contributed by atoms with Crippen LogP contribution in [0.1, 0.15) is 15.9 Å². The average molecular weight is 368 g/mol. The van der Waals surface area contributed by atoms with Gasteiger partial charge in [-0.2, -0.15) is 5.10 Å². The number of ether oxygens (including phenoxy) is 1. The van der Waals surface area contributed by atoms with Crippen molar-refractivity contribution in [3.63, 3.8) is 0 Å². The maximum atomic E-state index is 11.5. The maximum absolute atomic E-state index is 11.5.